The van der Waals surface area contributed by atoms with Gasteiger partial charge in [0.1, 0.15) is 0 Å². The van der Waals surface area contributed by atoms with Crippen molar-refractivity contribution in [3.05, 3.63) is 88.5 Å². The van der Waals surface area contributed by atoms with Gasteiger partial charge in [-0.3, -0.25) is 19.7 Å². The predicted molar refractivity (Wildman–Crippen MR) is 145 cm³/mol. The van der Waals surface area contributed by atoms with Crippen LogP contribution in [0.1, 0.15) is 25.3 Å². The molecule has 10 heteroatoms. The molecule has 1 unspecified atom stereocenters. The number of thiazole rings is 1. The Labute approximate surface area is 216 Å². The summed E-state index contributed by atoms with van der Waals surface area (Å²) in [7, 11) is 0. The number of thioether (sulfide) groups is 1. The molecule has 2 amide bonds. The molecule has 0 aliphatic rings. The third-order valence-corrected chi connectivity index (χ3v) is 7.84. The Morgan fingerprint density at radius 3 is 2.56 bits per heavy atom. The molecular formula is C26H24N4O4S2. The maximum absolute atomic E-state index is 12.8. The summed E-state index contributed by atoms with van der Waals surface area (Å²) in [5.41, 5.74) is 2.91. The van der Waals surface area contributed by atoms with Crippen LogP contribution in [0.25, 0.3) is 10.2 Å². The number of carbonyl (C=O) groups is 2. The Hall–Kier alpha value is -3.76. The lowest BCUT2D eigenvalue weighted by molar-refractivity contribution is -0.384. The summed E-state index contributed by atoms with van der Waals surface area (Å²) in [6.07, 6.45) is 1.63. The molecule has 0 radical (unpaired) electrons. The van der Waals surface area contributed by atoms with E-state index in [1.54, 1.807) is 6.07 Å². The van der Waals surface area contributed by atoms with Gasteiger partial charge in [0, 0.05) is 29.9 Å². The van der Waals surface area contributed by atoms with Gasteiger partial charge in [-0.25, -0.2) is 4.98 Å². The van der Waals surface area contributed by atoms with Crippen LogP contribution in [0.5, 0.6) is 0 Å². The van der Waals surface area contributed by atoms with Crippen LogP contribution in [0, 0.1) is 10.1 Å². The van der Waals surface area contributed by atoms with E-state index in [0.717, 1.165) is 20.1 Å². The number of nitrogens with zero attached hydrogens (tertiary/aromatic N) is 2. The lowest BCUT2D eigenvalue weighted by atomic mass is 10.1. The third kappa shape index (κ3) is 6.67. The highest BCUT2D eigenvalue weighted by molar-refractivity contribution is 8.02. The highest BCUT2D eigenvalue weighted by atomic mass is 32.2. The Bertz CT molecular complexity index is 1390. The van der Waals surface area contributed by atoms with Gasteiger partial charge in [-0.1, -0.05) is 55.1 Å². The second-order valence-electron chi connectivity index (χ2n) is 8.01. The summed E-state index contributed by atoms with van der Waals surface area (Å²) in [5.74, 6) is -0.296. The number of fused-ring (bicyclic) bond motifs is 1. The number of rotatable bonds is 10. The number of amides is 2. The number of nitro groups is 1. The van der Waals surface area contributed by atoms with Gasteiger partial charge in [0.25, 0.3) is 5.69 Å². The number of aryl methyl sites for hydroxylation is 1. The van der Waals surface area contributed by atoms with Gasteiger partial charge in [0.2, 0.25) is 11.8 Å². The van der Waals surface area contributed by atoms with Gasteiger partial charge in [-0.05, 0) is 42.7 Å². The number of benzene rings is 3. The average Bonchev–Trinajstić information content (AvgIpc) is 3.28. The molecule has 0 aliphatic carbocycles. The topological polar surface area (TPSA) is 114 Å². The Morgan fingerprint density at radius 2 is 1.81 bits per heavy atom. The van der Waals surface area contributed by atoms with E-state index in [4.69, 9.17) is 0 Å². The van der Waals surface area contributed by atoms with Crippen molar-refractivity contribution in [3.63, 3.8) is 0 Å². The molecule has 36 heavy (non-hydrogen) atoms. The van der Waals surface area contributed by atoms with Crippen LogP contribution in [0.15, 0.2) is 77.1 Å². The first-order valence-electron chi connectivity index (χ1n) is 11.4. The summed E-state index contributed by atoms with van der Waals surface area (Å²) in [6.45, 7) is 1.90. The number of nitrogens with one attached hydrogen (secondary N) is 2. The maximum atomic E-state index is 12.8. The summed E-state index contributed by atoms with van der Waals surface area (Å²) in [5, 5.41) is 16.3. The number of nitro benzene ring substituents is 1. The van der Waals surface area contributed by atoms with E-state index < -0.39 is 10.2 Å². The molecule has 0 fully saturated rings. The van der Waals surface area contributed by atoms with Crippen molar-refractivity contribution in [1.82, 2.24) is 4.98 Å². The first-order chi connectivity index (χ1) is 17.4. The quantitative estimate of drug-likeness (QED) is 0.144. The molecule has 1 heterocycles. The lowest BCUT2D eigenvalue weighted by Crippen LogP contribution is -2.24. The van der Waals surface area contributed by atoms with Crippen molar-refractivity contribution in [2.75, 3.05) is 10.6 Å². The number of carbonyl (C=O) groups excluding carboxylic acids is 2. The minimum Gasteiger partial charge on any atom is -0.326 e. The van der Waals surface area contributed by atoms with Gasteiger partial charge in [0.05, 0.1) is 20.4 Å². The summed E-state index contributed by atoms with van der Waals surface area (Å²) < 4.78 is 1.64. The van der Waals surface area contributed by atoms with E-state index in [-0.39, 0.29) is 17.5 Å². The first kappa shape index (κ1) is 25.3. The largest absolute Gasteiger partial charge is 0.326 e. The van der Waals surface area contributed by atoms with Crippen LogP contribution in [-0.4, -0.2) is 27.0 Å². The van der Waals surface area contributed by atoms with Crippen molar-refractivity contribution < 1.29 is 14.5 Å². The van der Waals surface area contributed by atoms with Gasteiger partial charge in [-0.2, -0.15) is 0 Å². The van der Waals surface area contributed by atoms with Crippen LogP contribution >= 0.6 is 23.1 Å². The molecule has 2 N–H and O–H groups in total. The number of hydrogen-bond donors (Lipinski definition) is 2. The zero-order valence-corrected chi connectivity index (χ0v) is 21.1. The normalized spacial score (nSPS) is 11.7. The summed E-state index contributed by atoms with van der Waals surface area (Å²) in [6, 6.07) is 21.3. The number of aromatic nitrogens is 1. The molecule has 184 valence electrons. The SMILES string of the molecule is CCC(Sc1nc2ccc(NC(=O)CCc3ccccc3)cc2s1)C(=O)Nc1cccc([N+](=O)[O-])c1. The monoisotopic (exact) mass is 520 g/mol. The lowest BCUT2D eigenvalue weighted by Gasteiger charge is -2.13. The molecule has 4 aromatic rings. The number of anilines is 2. The molecular weight excluding hydrogens is 496 g/mol. The molecule has 0 saturated heterocycles. The Morgan fingerprint density at radius 1 is 1.03 bits per heavy atom. The zero-order valence-electron chi connectivity index (χ0n) is 19.5. The standard InChI is InChI=1S/C26H24N4O4S2/c1-2-22(25(32)28-18-9-6-10-20(15-18)30(33)34)35-26-29-21-13-12-19(16-23(21)36-26)27-24(31)14-11-17-7-4-3-5-8-17/h3-10,12-13,15-16,22H,2,11,14H2,1H3,(H,27,31)(H,28,32). The van der Waals surface area contributed by atoms with Crippen LogP contribution in [0.3, 0.4) is 0 Å². The van der Waals surface area contributed by atoms with Crippen LogP contribution in [-0.2, 0) is 16.0 Å². The van der Waals surface area contributed by atoms with Crippen molar-refractivity contribution in [3.8, 4) is 0 Å². The smallest absolute Gasteiger partial charge is 0.271 e. The fourth-order valence-electron chi connectivity index (χ4n) is 3.52. The van der Waals surface area contributed by atoms with E-state index in [0.29, 0.717) is 30.6 Å². The van der Waals surface area contributed by atoms with E-state index >= 15 is 0 Å². The van der Waals surface area contributed by atoms with Crippen LogP contribution < -0.4 is 10.6 Å². The van der Waals surface area contributed by atoms with Gasteiger partial charge >= 0.3 is 0 Å². The molecule has 0 spiro atoms. The molecule has 0 bridgehead atoms. The Balaban J connectivity index is 1.38. The van der Waals surface area contributed by atoms with Gasteiger partial charge < -0.3 is 10.6 Å². The summed E-state index contributed by atoms with van der Waals surface area (Å²) >= 11 is 2.81. The van der Waals surface area contributed by atoms with E-state index in [1.807, 2.05) is 55.5 Å². The fourth-order valence-corrected chi connectivity index (χ4v) is 5.80. The number of hydrogen-bond acceptors (Lipinski definition) is 7. The van der Waals surface area contributed by atoms with Crippen LogP contribution in [0.2, 0.25) is 0 Å². The highest BCUT2D eigenvalue weighted by Gasteiger charge is 2.21. The van der Waals surface area contributed by atoms with E-state index in [1.165, 1.54) is 41.3 Å². The zero-order chi connectivity index (χ0) is 25.5. The molecule has 0 aliphatic heterocycles. The van der Waals surface area contributed by atoms with Gasteiger partial charge in [-0.15, -0.1) is 11.3 Å². The van der Waals surface area contributed by atoms with Crippen molar-refractivity contribution in [2.24, 2.45) is 0 Å². The molecule has 0 saturated carbocycles. The van der Waals surface area contributed by atoms with Gasteiger partial charge in [0.15, 0.2) is 4.34 Å². The molecule has 4 rings (SSSR count). The average molecular weight is 521 g/mol. The maximum Gasteiger partial charge on any atom is 0.271 e. The molecule has 1 aromatic heterocycles. The molecule has 1 atom stereocenters. The first-order valence-corrected chi connectivity index (χ1v) is 13.1. The minimum absolute atomic E-state index is 0.0545. The third-order valence-electron chi connectivity index (χ3n) is 5.37. The van der Waals surface area contributed by atoms with Crippen molar-refractivity contribution >= 4 is 62.2 Å². The van der Waals surface area contributed by atoms with Crippen LogP contribution in [0.4, 0.5) is 17.1 Å². The fraction of sp³-hybridized carbons (Fsp3) is 0.192. The Kier molecular flexibility index (Phi) is 8.29. The second kappa shape index (κ2) is 11.8. The molecule has 3 aromatic carbocycles. The summed E-state index contributed by atoms with van der Waals surface area (Å²) in [4.78, 5) is 40.3. The van der Waals surface area contributed by atoms with E-state index in [2.05, 4.69) is 15.6 Å². The van der Waals surface area contributed by atoms with Crippen molar-refractivity contribution in [2.45, 2.75) is 35.8 Å². The van der Waals surface area contributed by atoms with E-state index in [9.17, 15) is 19.7 Å². The molecule has 8 nitrogen and oxygen atoms in total. The number of non-ortho nitro benzene ring substituents is 1. The minimum atomic E-state index is -0.497. The predicted octanol–water partition coefficient (Wildman–Crippen LogP) is 6.29. The van der Waals surface area contributed by atoms with Crippen molar-refractivity contribution in [1.29, 1.82) is 0 Å². The second-order valence-corrected chi connectivity index (χ2v) is 10.5. The highest BCUT2D eigenvalue weighted by Crippen LogP contribution is 2.35.